The van der Waals surface area contributed by atoms with Gasteiger partial charge in [-0.05, 0) is 17.7 Å². The SMILES string of the molecule is [O-][N+]1(c2ccccc2)CC(O)(c2ccccc2)C1Cl. The molecule has 0 bridgehead atoms. The van der Waals surface area contributed by atoms with Crippen molar-refractivity contribution in [3.05, 3.63) is 71.4 Å². The summed E-state index contributed by atoms with van der Waals surface area (Å²) in [6, 6.07) is 18.1. The van der Waals surface area contributed by atoms with Crippen molar-refractivity contribution in [2.24, 2.45) is 0 Å². The van der Waals surface area contributed by atoms with E-state index in [9.17, 15) is 10.3 Å². The van der Waals surface area contributed by atoms with Crippen LogP contribution in [0, 0.1) is 5.21 Å². The smallest absolute Gasteiger partial charge is 0.208 e. The first-order chi connectivity index (χ1) is 9.07. The molecule has 1 aliphatic rings. The Labute approximate surface area is 116 Å². The van der Waals surface area contributed by atoms with Gasteiger partial charge in [-0.3, -0.25) is 0 Å². The summed E-state index contributed by atoms with van der Waals surface area (Å²) >= 11 is 6.24. The molecule has 3 rings (SSSR count). The first-order valence-electron chi connectivity index (χ1n) is 6.14. The van der Waals surface area contributed by atoms with Crippen LogP contribution >= 0.6 is 11.6 Å². The summed E-state index contributed by atoms with van der Waals surface area (Å²) in [6.45, 7) is 0.0369. The summed E-state index contributed by atoms with van der Waals surface area (Å²) in [6.07, 6.45) is 0. The Kier molecular flexibility index (Phi) is 2.87. The highest BCUT2D eigenvalue weighted by molar-refractivity contribution is 6.23. The van der Waals surface area contributed by atoms with E-state index in [4.69, 9.17) is 11.6 Å². The fourth-order valence-electron chi connectivity index (χ4n) is 2.60. The third-order valence-electron chi connectivity index (χ3n) is 3.70. The lowest BCUT2D eigenvalue weighted by Gasteiger charge is -2.61. The van der Waals surface area contributed by atoms with Crippen molar-refractivity contribution in [3.63, 3.8) is 0 Å². The number of para-hydroxylation sites is 1. The maximum absolute atomic E-state index is 12.7. The van der Waals surface area contributed by atoms with Gasteiger partial charge in [-0.15, -0.1) is 0 Å². The number of quaternary nitrogens is 1. The number of nitrogens with zero attached hydrogens (tertiary/aromatic N) is 1. The number of halogens is 1. The molecule has 2 aromatic rings. The van der Waals surface area contributed by atoms with Gasteiger partial charge in [0.2, 0.25) is 11.1 Å². The van der Waals surface area contributed by atoms with Crippen LogP contribution in [-0.4, -0.2) is 17.2 Å². The highest BCUT2D eigenvalue weighted by Gasteiger charge is 2.61. The van der Waals surface area contributed by atoms with Gasteiger partial charge in [-0.25, -0.2) is 0 Å². The Balaban J connectivity index is 1.93. The molecule has 3 unspecified atom stereocenters. The van der Waals surface area contributed by atoms with Crippen molar-refractivity contribution in [3.8, 4) is 0 Å². The molecule has 1 N–H and O–H groups in total. The molecule has 0 amide bonds. The standard InChI is InChI=1S/C15H14ClNO2/c16-14-15(18,12-7-3-1-4-8-12)11-17(14,19)13-9-5-2-6-10-13/h1-10,14,18H,11H2. The van der Waals surface area contributed by atoms with Crippen molar-refractivity contribution in [2.75, 3.05) is 6.54 Å². The molecule has 0 aromatic heterocycles. The molecule has 1 fully saturated rings. The minimum Gasteiger partial charge on any atom is -0.626 e. The van der Waals surface area contributed by atoms with E-state index < -0.39 is 15.7 Å². The second kappa shape index (κ2) is 4.32. The van der Waals surface area contributed by atoms with E-state index >= 15 is 0 Å². The van der Waals surface area contributed by atoms with Crippen molar-refractivity contribution >= 4 is 17.3 Å². The molecule has 19 heavy (non-hydrogen) atoms. The molecule has 3 atom stereocenters. The van der Waals surface area contributed by atoms with Gasteiger partial charge in [0, 0.05) is 0 Å². The minimum absolute atomic E-state index is 0.0369. The van der Waals surface area contributed by atoms with Crippen molar-refractivity contribution in [2.45, 2.75) is 11.1 Å². The average molecular weight is 276 g/mol. The Morgan fingerprint density at radius 2 is 1.58 bits per heavy atom. The maximum atomic E-state index is 12.7. The van der Waals surface area contributed by atoms with Crippen LogP contribution in [0.15, 0.2) is 60.7 Å². The van der Waals surface area contributed by atoms with E-state index in [0.717, 1.165) is 0 Å². The van der Waals surface area contributed by atoms with Gasteiger partial charge in [0.1, 0.15) is 12.2 Å². The van der Waals surface area contributed by atoms with Crippen LogP contribution in [0.4, 0.5) is 5.69 Å². The fourth-order valence-corrected chi connectivity index (χ4v) is 2.98. The lowest BCUT2D eigenvalue weighted by Crippen LogP contribution is -2.75. The zero-order chi connectivity index (χ0) is 13.5. The van der Waals surface area contributed by atoms with Gasteiger partial charge in [-0.2, -0.15) is 0 Å². The molecule has 0 aliphatic carbocycles. The summed E-state index contributed by atoms with van der Waals surface area (Å²) in [5.41, 5.74) is -0.934. The molecule has 4 heteroatoms. The molecule has 3 nitrogen and oxygen atoms in total. The second-order valence-corrected chi connectivity index (χ2v) is 5.33. The van der Waals surface area contributed by atoms with E-state index in [2.05, 4.69) is 0 Å². The van der Waals surface area contributed by atoms with Gasteiger partial charge in [0.05, 0.1) is 0 Å². The van der Waals surface area contributed by atoms with Crippen molar-refractivity contribution < 1.29 is 5.11 Å². The van der Waals surface area contributed by atoms with Gasteiger partial charge in [0.15, 0.2) is 0 Å². The highest BCUT2D eigenvalue weighted by Crippen LogP contribution is 2.48. The zero-order valence-corrected chi connectivity index (χ0v) is 11.0. The molecule has 2 aromatic carbocycles. The monoisotopic (exact) mass is 275 g/mol. The van der Waals surface area contributed by atoms with Crippen molar-refractivity contribution in [1.82, 2.24) is 4.65 Å². The van der Waals surface area contributed by atoms with E-state index in [0.29, 0.717) is 11.3 Å². The minimum atomic E-state index is -1.26. The first kappa shape index (κ1) is 12.6. The van der Waals surface area contributed by atoms with Crippen LogP contribution < -0.4 is 4.65 Å². The normalized spacial score (nSPS) is 33.7. The van der Waals surface area contributed by atoms with E-state index in [-0.39, 0.29) is 6.54 Å². The quantitative estimate of drug-likeness (QED) is 0.396. The molecule has 98 valence electrons. The summed E-state index contributed by atoms with van der Waals surface area (Å²) < 4.78 is -0.701. The molecule has 0 spiro atoms. The lowest BCUT2D eigenvalue weighted by atomic mass is 9.84. The molecule has 1 heterocycles. The molecule has 1 aliphatic heterocycles. The van der Waals surface area contributed by atoms with Gasteiger partial charge >= 0.3 is 0 Å². The number of hydrogen-bond donors (Lipinski definition) is 1. The predicted molar refractivity (Wildman–Crippen MR) is 76.4 cm³/mol. The number of aliphatic hydroxyl groups is 1. The van der Waals surface area contributed by atoms with Crippen LogP contribution in [0.2, 0.25) is 0 Å². The molecule has 1 saturated heterocycles. The van der Waals surface area contributed by atoms with Crippen LogP contribution in [0.25, 0.3) is 0 Å². The third-order valence-corrected chi connectivity index (χ3v) is 4.38. The summed E-state index contributed by atoms with van der Waals surface area (Å²) in [4.78, 5) is 0. The average Bonchev–Trinajstić information content (AvgIpc) is 2.48. The van der Waals surface area contributed by atoms with Crippen LogP contribution in [0.3, 0.4) is 0 Å². The van der Waals surface area contributed by atoms with Gasteiger partial charge in [-0.1, -0.05) is 60.1 Å². The predicted octanol–water partition coefficient (Wildman–Crippen LogP) is 2.96. The summed E-state index contributed by atoms with van der Waals surface area (Å²) in [7, 11) is 0. The third kappa shape index (κ3) is 1.78. The highest BCUT2D eigenvalue weighted by atomic mass is 35.5. The van der Waals surface area contributed by atoms with Crippen LogP contribution in [0.1, 0.15) is 5.56 Å². The van der Waals surface area contributed by atoms with Crippen LogP contribution in [-0.2, 0) is 5.60 Å². The number of hydrogen-bond acceptors (Lipinski definition) is 2. The zero-order valence-electron chi connectivity index (χ0n) is 10.2. The molecule has 0 saturated carbocycles. The largest absolute Gasteiger partial charge is 0.626 e. The van der Waals surface area contributed by atoms with E-state index in [1.807, 2.05) is 24.3 Å². The Morgan fingerprint density at radius 1 is 1.05 bits per heavy atom. The number of benzene rings is 2. The topological polar surface area (TPSA) is 43.3 Å². The Morgan fingerprint density at radius 3 is 2.11 bits per heavy atom. The fraction of sp³-hybridized carbons (Fsp3) is 0.200. The van der Waals surface area contributed by atoms with E-state index in [1.54, 1.807) is 36.4 Å². The first-order valence-corrected chi connectivity index (χ1v) is 6.57. The number of hydroxylamine groups is 2. The van der Waals surface area contributed by atoms with Crippen molar-refractivity contribution in [1.29, 1.82) is 0 Å². The van der Waals surface area contributed by atoms with Gasteiger partial charge in [0.25, 0.3) is 0 Å². The number of rotatable bonds is 2. The second-order valence-electron chi connectivity index (χ2n) is 4.92. The molecule has 0 radical (unpaired) electrons. The Hall–Kier alpha value is -1.39. The maximum Gasteiger partial charge on any atom is 0.208 e. The summed E-state index contributed by atoms with van der Waals surface area (Å²) in [5.74, 6) is 0. The van der Waals surface area contributed by atoms with E-state index in [1.165, 1.54) is 0 Å². The summed E-state index contributed by atoms with van der Waals surface area (Å²) in [5, 5.41) is 23.3. The number of alkyl halides is 1. The molecular weight excluding hydrogens is 262 g/mol. The Bertz CT molecular complexity index is 526. The van der Waals surface area contributed by atoms with Crippen LogP contribution in [0.5, 0.6) is 0 Å². The van der Waals surface area contributed by atoms with Gasteiger partial charge < -0.3 is 15.0 Å². The molecular formula is C15H14ClNO2. The lowest BCUT2D eigenvalue weighted by molar-refractivity contribution is -0.0981.